The van der Waals surface area contributed by atoms with Gasteiger partial charge in [0.05, 0.1) is 5.56 Å². The van der Waals surface area contributed by atoms with Gasteiger partial charge in [0.15, 0.2) is 5.78 Å². The van der Waals surface area contributed by atoms with Crippen LogP contribution in [-0.4, -0.2) is 89.9 Å². The molecule has 5 aromatic rings. The zero-order valence-corrected chi connectivity index (χ0v) is 37.7. The number of rotatable bonds is 11. The Morgan fingerprint density at radius 2 is 1.55 bits per heavy atom. The van der Waals surface area contributed by atoms with Crippen LogP contribution in [-0.2, 0) is 34.9 Å². The highest BCUT2D eigenvalue weighted by atomic mass is 19.1. The minimum atomic E-state index is -1.49. The number of Topliss-reactive ketones (excluding diaryl/α,β-unsaturated/α-hetero) is 1. The number of alkyl halides is 1. The highest BCUT2D eigenvalue weighted by Gasteiger charge is 2.42. The molecule has 1 saturated carbocycles. The molecule has 5 aliphatic rings. The van der Waals surface area contributed by atoms with Gasteiger partial charge in [-0.15, -0.1) is 0 Å². The monoisotopic (exact) mass is 893 g/mol. The number of benzene rings is 2. The van der Waals surface area contributed by atoms with Crippen LogP contribution >= 0.6 is 0 Å². The van der Waals surface area contributed by atoms with E-state index >= 15 is 4.39 Å². The van der Waals surface area contributed by atoms with E-state index in [-0.39, 0.29) is 47.7 Å². The molecule has 4 fully saturated rings. The van der Waals surface area contributed by atoms with Crippen molar-refractivity contribution in [3.8, 4) is 0 Å². The zero-order valence-electron chi connectivity index (χ0n) is 37.7. The van der Waals surface area contributed by atoms with Crippen LogP contribution in [0, 0.1) is 6.92 Å². The van der Waals surface area contributed by atoms with Crippen molar-refractivity contribution >= 4 is 46.3 Å². The van der Waals surface area contributed by atoms with Crippen LogP contribution in [0.4, 0.5) is 16.2 Å². The molecule has 3 aromatic heterocycles. The van der Waals surface area contributed by atoms with Crippen molar-refractivity contribution in [2.75, 3.05) is 31.5 Å². The standard InChI is InChI=1S/C51H56FN9O5/c1-31-41-27-54-50(57-46(41)61(39-5-3-4-6-39)49(66)45(31)32(2)62)55-43-15-11-36(26-53-43)35-17-21-58(22-18-35)28-33-7-9-34(10-8-33)29-59-23-19-51(52,20-24-59)38-12-13-40-37(25-38)30-60(48(40)65)42-14-16-44(63)56-47(42)64/h7-13,15,25-27,35,39,42H,3-6,14,16-24,28-30H2,1-2H3,(H,56,63,64)(H,53,54,55,57). The van der Waals surface area contributed by atoms with E-state index in [1.54, 1.807) is 35.9 Å². The first kappa shape index (κ1) is 43.7. The summed E-state index contributed by atoms with van der Waals surface area (Å²) in [5, 5.41) is 6.29. The fourth-order valence-electron chi connectivity index (χ4n) is 11.0. The molecule has 1 atom stereocenters. The number of carbonyl (C=O) groups is 4. The molecule has 1 unspecified atom stereocenters. The molecular formula is C51H56FN9O5. The lowest BCUT2D eigenvalue weighted by Gasteiger charge is -2.37. The summed E-state index contributed by atoms with van der Waals surface area (Å²) in [6.07, 6.45) is 10.8. The van der Waals surface area contributed by atoms with Crippen LogP contribution in [0.3, 0.4) is 0 Å². The summed E-state index contributed by atoms with van der Waals surface area (Å²) in [5.41, 5.74) is 5.12. The number of imide groups is 1. The van der Waals surface area contributed by atoms with Gasteiger partial charge in [-0.1, -0.05) is 55.3 Å². The first-order chi connectivity index (χ1) is 31.9. The Hall–Kier alpha value is -6.19. The average Bonchev–Trinajstić information content (AvgIpc) is 3.96. The van der Waals surface area contributed by atoms with Crippen LogP contribution in [0.15, 0.2) is 71.8 Å². The van der Waals surface area contributed by atoms with E-state index < -0.39 is 17.6 Å². The molecule has 342 valence electrons. The second-order valence-electron chi connectivity index (χ2n) is 19.1. The Kier molecular flexibility index (Phi) is 11.8. The van der Waals surface area contributed by atoms with E-state index in [1.165, 1.54) is 28.5 Å². The van der Waals surface area contributed by atoms with Gasteiger partial charge < -0.3 is 10.2 Å². The fourth-order valence-corrected chi connectivity index (χ4v) is 11.0. The van der Waals surface area contributed by atoms with E-state index in [1.807, 2.05) is 12.3 Å². The smallest absolute Gasteiger partial charge is 0.263 e. The summed E-state index contributed by atoms with van der Waals surface area (Å²) >= 11 is 0. The third-order valence-corrected chi connectivity index (χ3v) is 14.9. The number of anilines is 2. The number of pyridine rings is 2. The number of fused-ring (bicyclic) bond motifs is 2. The first-order valence-electron chi connectivity index (χ1n) is 23.6. The molecular weight excluding hydrogens is 838 g/mol. The van der Waals surface area contributed by atoms with Gasteiger partial charge in [-0.2, -0.15) is 4.98 Å². The summed E-state index contributed by atoms with van der Waals surface area (Å²) in [5.74, 6) is 0.134. The number of nitrogens with zero attached hydrogens (tertiary/aromatic N) is 7. The van der Waals surface area contributed by atoms with Gasteiger partial charge in [-0.3, -0.25) is 43.7 Å². The number of ketones is 1. The SMILES string of the molecule is CC(=O)c1c(C)c2cnc(Nc3ccc(C4CCN(Cc5ccc(CN6CCC(F)(c7ccc8c(c7)CN(C7CCC(=O)NC7=O)C8=O)CC6)cc5)CC4)cn3)nc2n(C2CCCC2)c1=O. The van der Waals surface area contributed by atoms with Crippen LogP contribution in [0.1, 0.15) is 137 Å². The lowest BCUT2D eigenvalue weighted by molar-refractivity contribution is -0.136. The summed E-state index contributed by atoms with van der Waals surface area (Å²) in [6, 6.07) is 17.4. The van der Waals surface area contributed by atoms with Crippen molar-refractivity contribution in [1.29, 1.82) is 0 Å². The quantitative estimate of drug-likeness (QED) is 0.102. The molecule has 3 saturated heterocycles. The Morgan fingerprint density at radius 3 is 2.20 bits per heavy atom. The molecule has 2 N–H and O–H groups in total. The summed E-state index contributed by atoms with van der Waals surface area (Å²) in [6.45, 7) is 8.33. The summed E-state index contributed by atoms with van der Waals surface area (Å²) in [7, 11) is 0. The molecule has 4 aliphatic heterocycles. The number of piperidine rings is 3. The van der Waals surface area contributed by atoms with Crippen LogP contribution in [0.5, 0.6) is 0 Å². The maximum absolute atomic E-state index is 16.5. The topological polar surface area (TPSA) is 163 Å². The van der Waals surface area contributed by atoms with Crippen LogP contribution in [0.25, 0.3) is 11.0 Å². The van der Waals surface area contributed by atoms with E-state index in [9.17, 15) is 24.0 Å². The number of aryl methyl sites for hydroxylation is 1. The molecule has 15 heteroatoms. The summed E-state index contributed by atoms with van der Waals surface area (Å²) < 4.78 is 18.2. The van der Waals surface area contributed by atoms with E-state index in [4.69, 9.17) is 9.97 Å². The zero-order chi connectivity index (χ0) is 45.7. The lowest BCUT2D eigenvalue weighted by Crippen LogP contribution is -2.52. The van der Waals surface area contributed by atoms with E-state index in [2.05, 4.69) is 55.7 Å². The molecule has 0 spiro atoms. The van der Waals surface area contributed by atoms with Gasteiger partial charge in [-0.05, 0) is 123 Å². The van der Waals surface area contributed by atoms with Gasteiger partial charge >= 0.3 is 0 Å². The number of amides is 3. The van der Waals surface area contributed by atoms with Gasteiger partial charge in [0.2, 0.25) is 17.8 Å². The third kappa shape index (κ3) is 8.54. The number of nitrogens with one attached hydrogen (secondary N) is 2. The minimum Gasteiger partial charge on any atom is -0.322 e. The maximum Gasteiger partial charge on any atom is 0.263 e. The minimum absolute atomic E-state index is 0.0116. The van der Waals surface area contributed by atoms with Crippen molar-refractivity contribution < 1.29 is 23.6 Å². The lowest BCUT2D eigenvalue weighted by atomic mass is 9.84. The highest BCUT2D eigenvalue weighted by Crippen LogP contribution is 2.40. The highest BCUT2D eigenvalue weighted by molar-refractivity contribution is 6.05. The molecule has 3 amide bonds. The van der Waals surface area contributed by atoms with Crippen molar-refractivity contribution in [2.24, 2.45) is 0 Å². The Balaban J connectivity index is 0.693. The van der Waals surface area contributed by atoms with Gasteiger partial charge in [0.25, 0.3) is 11.5 Å². The van der Waals surface area contributed by atoms with Crippen molar-refractivity contribution in [1.82, 2.24) is 39.5 Å². The fraction of sp³-hybridized carbons (Fsp3) is 0.451. The number of carbonyl (C=O) groups excluding carboxylic acids is 4. The van der Waals surface area contributed by atoms with Gasteiger partial charge in [0.1, 0.15) is 23.2 Å². The van der Waals surface area contributed by atoms with Gasteiger partial charge in [-0.25, -0.2) is 14.4 Å². The van der Waals surface area contributed by atoms with Crippen LogP contribution < -0.4 is 16.2 Å². The molecule has 10 rings (SSSR count). The first-order valence-corrected chi connectivity index (χ1v) is 23.6. The molecule has 2 aromatic carbocycles. The largest absolute Gasteiger partial charge is 0.322 e. The molecule has 66 heavy (non-hydrogen) atoms. The molecule has 14 nitrogen and oxygen atoms in total. The number of halogens is 1. The van der Waals surface area contributed by atoms with E-state index in [0.717, 1.165) is 70.3 Å². The number of hydrogen-bond donors (Lipinski definition) is 2. The third-order valence-electron chi connectivity index (χ3n) is 14.9. The molecule has 7 heterocycles. The molecule has 1 aliphatic carbocycles. The van der Waals surface area contributed by atoms with Crippen molar-refractivity contribution in [3.05, 3.63) is 122 Å². The average molecular weight is 894 g/mol. The van der Waals surface area contributed by atoms with Crippen molar-refractivity contribution in [3.63, 3.8) is 0 Å². The number of likely N-dealkylation sites (tertiary alicyclic amines) is 2. The van der Waals surface area contributed by atoms with E-state index in [0.29, 0.717) is 77.8 Å². The van der Waals surface area contributed by atoms with Crippen LogP contribution in [0.2, 0.25) is 0 Å². The number of hydrogen-bond acceptors (Lipinski definition) is 11. The predicted molar refractivity (Wildman–Crippen MR) is 247 cm³/mol. The second kappa shape index (κ2) is 17.9. The normalized spacial score (nSPS) is 20.8. The predicted octanol–water partition coefficient (Wildman–Crippen LogP) is 7.16. The maximum atomic E-state index is 16.5. The summed E-state index contributed by atoms with van der Waals surface area (Å²) in [4.78, 5) is 83.8. The Bertz CT molecular complexity index is 2770. The van der Waals surface area contributed by atoms with Gasteiger partial charge in [0, 0.05) is 68.5 Å². The Morgan fingerprint density at radius 1 is 0.848 bits per heavy atom. The molecule has 0 bridgehead atoms. The second-order valence-corrected chi connectivity index (χ2v) is 19.1. The Labute approximate surface area is 383 Å². The number of aromatic nitrogens is 4. The van der Waals surface area contributed by atoms with Crippen molar-refractivity contribution in [2.45, 2.75) is 121 Å². The molecule has 0 radical (unpaired) electrons.